The van der Waals surface area contributed by atoms with E-state index in [0.29, 0.717) is 0 Å². The quantitative estimate of drug-likeness (QED) is 0.453. The molecule has 1 fully saturated rings. The molecule has 34 heavy (non-hydrogen) atoms. The Morgan fingerprint density at radius 2 is 1.68 bits per heavy atom. The summed E-state index contributed by atoms with van der Waals surface area (Å²) in [6.07, 6.45) is 2.00. The van der Waals surface area contributed by atoms with Gasteiger partial charge in [-0.25, -0.2) is 0 Å². The van der Waals surface area contributed by atoms with Gasteiger partial charge in [0.15, 0.2) is 11.5 Å². The summed E-state index contributed by atoms with van der Waals surface area (Å²) in [4.78, 5) is 4.96. The van der Waals surface area contributed by atoms with Crippen LogP contribution in [0.3, 0.4) is 0 Å². The molecule has 190 valence electrons. The second kappa shape index (κ2) is 12.5. The molecule has 1 unspecified atom stereocenters. The Labute approximate surface area is 221 Å². The number of rotatable bonds is 6. The van der Waals surface area contributed by atoms with Gasteiger partial charge in [-0.2, -0.15) is 0 Å². The molecule has 2 heterocycles. The van der Waals surface area contributed by atoms with E-state index in [-0.39, 0.29) is 36.3 Å². The summed E-state index contributed by atoms with van der Waals surface area (Å²) in [5.41, 5.74) is 3.85. The van der Waals surface area contributed by atoms with Crippen molar-refractivity contribution >= 4 is 42.1 Å². The molecule has 2 aromatic rings. The summed E-state index contributed by atoms with van der Waals surface area (Å²) >= 11 is 6.18. The van der Waals surface area contributed by atoms with Crippen molar-refractivity contribution in [1.29, 1.82) is 0 Å². The Morgan fingerprint density at radius 3 is 2.32 bits per heavy atom. The molecule has 2 aromatic carbocycles. The highest BCUT2D eigenvalue weighted by Crippen LogP contribution is 2.41. The number of methoxy groups -OCH3 is 2. The van der Waals surface area contributed by atoms with Crippen molar-refractivity contribution in [1.82, 2.24) is 4.90 Å². The normalized spacial score (nSPS) is 19.8. The van der Waals surface area contributed by atoms with Crippen LogP contribution in [0.1, 0.15) is 37.5 Å². The van der Waals surface area contributed by atoms with E-state index in [2.05, 4.69) is 47.9 Å². The molecule has 0 amide bonds. The SMILES string of the molecule is COc1cc2c(cc1OC)C(CCN1CCN(c3cccc(Cl)c3)CC1)OCC(C)(C)C2.Cl.Cl. The third-order valence-electron chi connectivity index (χ3n) is 6.59. The van der Waals surface area contributed by atoms with Crippen LogP contribution in [0.5, 0.6) is 11.5 Å². The van der Waals surface area contributed by atoms with Crippen LogP contribution in [-0.2, 0) is 11.2 Å². The van der Waals surface area contributed by atoms with Gasteiger partial charge in [0.1, 0.15) is 0 Å². The van der Waals surface area contributed by atoms with Gasteiger partial charge in [0.2, 0.25) is 0 Å². The van der Waals surface area contributed by atoms with Crippen LogP contribution in [0.4, 0.5) is 5.69 Å². The summed E-state index contributed by atoms with van der Waals surface area (Å²) < 4.78 is 17.6. The Morgan fingerprint density at radius 1 is 1.00 bits per heavy atom. The van der Waals surface area contributed by atoms with E-state index in [0.717, 1.165) is 68.7 Å². The van der Waals surface area contributed by atoms with Crippen molar-refractivity contribution in [2.75, 3.05) is 58.5 Å². The van der Waals surface area contributed by atoms with E-state index in [4.69, 9.17) is 25.8 Å². The highest BCUT2D eigenvalue weighted by atomic mass is 35.5. The summed E-state index contributed by atoms with van der Waals surface area (Å²) in [7, 11) is 3.39. The van der Waals surface area contributed by atoms with E-state index in [9.17, 15) is 0 Å². The predicted octanol–water partition coefficient (Wildman–Crippen LogP) is 6.05. The summed E-state index contributed by atoms with van der Waals surface area (Å²) in [6.45, 7) is 10.4. The zero-order chi connectivity index (χ0) is 22.7. The summed E-state index contributed by atoms with van der Waals surface area (Å²) in [5, 5.41) is 0.795. The number of hydrogen-bond donors (Lipinski definition) is 0. The smallest absolute Gasteiger partial charge is 0.161 e. The van der Waals surface area contributed by atoms with Gasteiger partial charge in [0.05, 0.1) is 26.9 Å². The first-order valence-corrected chi connectivity index (χ1v) is 11.9. The highest BCUT2D eigenvalue weighted by Gasteiger charge is 2.31. The largest absolute Gasteiger partial charge is 0.493 e. The number of benzene rings is 2. The maximum Gasteiger partial charge on any atom is 0.161 e. The number of hydrogen-bond acceptors (Lipinski definition) is 5. The van der Waals surface area contributed by atoms with Gasteiger partial charge < -0.3 is 19.1 Å². The van der Waals surface area contributed by atoms with Crippen molar-refractivity contribution in [3.8, 4) is 11.5 Å². The number of halogens is 3. The lowest BCUT2D eigenvalue weighted by atomic mass is 9.85. The second-order valence-corrected chi connectivity index (χ2v) is 10.1. The molecule has 2 aliphatic rings. The lowest BCUT2D eigenvalue weighted by Crippen LogP contribution is -2.46. The second-order valence-electron chi connectivity index (χ2n) is 9.64. The fourth-order valence-electron chi connectivity index (χ4n) is 4.81. The average molecular weight is 532 g/mol. The van der Waals surface area contributed by atoms with Crippen LogP contribution < -0.4 is 14.4 Å². The fourth-order valence-corrected chi connectivity index (χ4v) is 5.00. The molecule has 1 saturated heterocycles. The molecule has 0 bridgehead atoms. The minimum absolute atomic E-state index is 0. The molecule has 0 aromatic heterocycles. The van der Waals surface area contributed by atoms with Crippen molar-refractivity contribution in [2.24, 2.45) is 5.41 Å². The molecule has 4 rings (SSSR count). The van der Waals surface area contributed by atoms with E-state index in [1.54, 1.807) is 14.2 Å². The van der Waals surface area contributed by atoms with Crippen LogP contribution in [0.15, 0.2) is 36.4 Å². The number of nitrogens with zero attached hydrogens (tertiary/aromatic N) is 2. The molecule has 8 heteroatoms. The molecular formula is C26H37Cl3N2O3. The van der Waals surface area contributed by atoms with Crippen LogP contribution in [0.25, 0.3) is 0 Å². The van der Waals surface area contributed by atoms with Crippen molar-refractivity contribution in [3.63, 3.8) is 0 Å². The molecule has 2 aliphatic heterocycles. The van der Waals surface area contributed by atoms with Crippen LogP contribution in [-0.4, -0.2) is 58.5 Å². The van der Waals surface area contributed by atoms with Gasteiger partial charge >= 0.3 is 0 Å². The minimum atomic E-state index is 0. The van der Waals surface area contributed by atoms with Crippen LogP contribution >= 0.6 is 36.4 Å². The van der Waals surface area contributed by atoms with Gasteiger partial charge in [-0.1, -0.05) is 31.5 Å². The minimum Gasteiger partial charge on any atom is -0.493 e. The molecule has 1 atom stereocenters. The first kappa shape index (κ1) is 28.9. The van der Waals surface area contributed by atoms with E-state index in [1.165, 1.54) is 16.8 Å². The third kappa shape index (κ3) is 6.86. The lowest BCUT2D eigenvalue weighted by Gasteiger charge is -2.36. The first-order chi connectivity index (χ1) is 15.4. The van der Waals surface area contributed by atoms with Crippen molar-refractivity contribution < 1.29 is 14.2 Å². The number of ether oxygens (including phenoxy) is 3. The Kier molecular flexibility index (Phi) is 10.7. The van der Waals surface area contributed by atoms with E-state index >= 15 is 0 Å². The molecule has 0 saturated carbocycles. The van der Waals surface area contributed by atoms with E-state index < -0.39 is 0 Å². The van der Waals surface area contributed by atoms with Gasteiger partial charge in [-0.05, 0) is 59.7 Å². The number of piperazine rings is 1. The average Bonchev–Trinajstić information content (AvgIpc) is 2.91. The molecular weight excluding hydrogens is 495 g/mol. The number of anilines is 1. The maximum absolute atomic E-state index is 6.46. The number of fused-ring (bicyclic) bond motifs is 1. The Bertz CT molecular complexity index is 934. The monoisotopic (exact) mass is 530 g/mol. The maximum atomic E-state index is 6.46. The van der Waals surface area contributed by atoms with Gasteiger partial charge in [0, 0.05) is 43.4 Å². The van der Waals surface area contributed by atoms with Crippen molar-refractivity contribution in [3.05, 3.63) is 52.5 Å². The zero-order valence-electron chi connectivity index (χ0n) is 20.5. The van der Waals surface area contributed by atoms with Gasteiger partial charge in [-0.15, -0.1) is 24.8 Å². The van der Waals surface area contributed by atoms with E-state index in [1.807, 2.05) is 12.1 Å². The lowest BCUT2D eigenvalue weighted by molar-refractivity contribution is 0.000910. The third-order valence-corrected chi connectivity index (χ3v) is 6.82. The van der Waals surface area contributed by atoms with Crippen LogP contribution in [0, 0.1) is 5.41 Å². The topological polar surface area (TPSA) is 34.2 Å². The highest BCUT2D eigenvalue weighted by molar-refractivity contribution is 6.30. The Balaban J connectivity index is 0.00000204. The Hall–Kier alpha value is -1.37. The summed E-state index contributed by atoms with van der Waals surface area (Å²) in [5.74, 6) is 1.56. The summed E-state index contributed by atoms with van der Waals surface area (Å²) in [6, 6.07) is 12.4. The zero-order valence-corrected chi connectivity index (χ0v) is 22.9. The standard InChI is InChI=1S/C26H35ClN2O3.2ClH/c1-26(2)17-19-14-24(30-3)25(31-4)16-22(19)23(32-18-26)8-9-28-10-12-29(13-11-28)21-7-5-6-20(27)15-21;;/h5-7,14-16,23H,8-13,17-18H2,1-4H3;2*1H. The molecule has 0 spiro atoms. The van der Waals surface area contributed by atoms with Gasteiger partial charge in [0.25, 0.3) is 0 Å². The first-order valence-electron chi connectivity index (χ1n) is 11.5. The molecule has 0 N–H and O–H groups in total. The van der Waals surface area contributed by atoms with Crippen LogP contribution in [0.2, 0.25) is 5.02 Å². The predicted molar refractivity (Wildman–Crippen MR) is 145 cm³/mol. The molecule has 5 nitrogen and oxygen atoms in total. The molecule has 0 radical (unpaired) electrons. The molecule has 0 aliphatic carbocycles. The van der Waals surface area contributed by atoms with Gasteiger partial charge in [-0.3, -0.25) is 4.90 Å². The van der Waals surface area contributed by atoms with Crippen molar-refractivity contribution in [2.45, 2.75) is 32.8 Å². The fraction of sp³-hybridized carbons (Fsp3) is 0.538.